The highest BCUT2D eigenvalue weighted by molar-refractivity contribution is 5.88. The summed E-state index contributed by atoms with van der Waals surface area (Å²) in [7, 11) is 0. The molecule has 0 bridgehead atoms. The van der Waals surface area contributed by atoms with Gasteiger partial charge in [-0.15, -0.1) is 0 Å². The first-order valence-electron chi connectivity index (χ1n) is 6.83. The number of rotatable bonds is 3. The lowest BCUT2D eigenvalue weighted by Crippen LogP contribution is -2.54. The van der Waals surface area contributed by atoms with E-state index in [4.69, 9.17) is 10.5 Å². The molecule has 0 aromatic carbocycles. The van der Waals surface area contributed by atoms with Crippen molar-refractivity contribution in [2.24, 2.45) is 17.1 Å². The highest BCUT2D eigenvalue weighted by Gasteiger charge is 2.47. The number of nitrogens with zero attached hydrogens (tertiary/aromatic N) is 1. The van der Waals surface area contributed by atoms with Crippen molar-refractivity contribution in [2.75, 3.05) is 26.3 Å². The van der Waals surface area contributed by atoms with Crippen LogP contribution in [0, 0.1) is 11.3 Å². The number of amides is 1. The number of nitrogens with two attached hydrogens (primary N) is 1. The van der Waals surface area contributed by atoms with Crippen molar-refractivity contribution in [3.8, 4) is 0 Å². The summed E-state index contributed by atoms with van der Waals surface area (Å²) in [5, 5.41) is 9.31. The molecule has 19 heavy (non-hydrogen) atoms. The molecule has 2 rings (SSSR count). The number of hydrogen-bond acceptors (Lipinski definition) is 4. The number of carbonyl (C=O) groups is 2. The third kappa shape index (κ3) is 2.47. The lowest BCUT2D eigenvalue weighted by Gasteiger charge is -2.39. The maximum absolute atomic E-state index is 12.7. The standard InChI is InChI=1S/C13H22N2O4/c1-9-2-5-15(10(9)11(16)17)12(18)13(8-14)3-6-19-7-4-13/h9-10H,2-8,14H2,1H3,(H,16,17). The maximum atomic E-state index is 12.7. The minimum atomic E-state index is -0.919. The Labute approximate surface area is 112 Å². The van der Waals surface area contributed by atoms with Gasteiger partial charge in [0.25, 0.3) is 0 Å². The second-order valence-corrected chi connectivity index (χ2v) is 5.64. The van der Waals surface area contributed by atoms with E-state index < -0.39 is 17.4 Å². The Balaban J connectivity index is 2.20. The number of likely N-dealkylation sites (tertiary alicyclic amines) is 1. The molecule has 6 heteroatoms. The first kappa shape index (κ1) is 14.3. The molecular weight excluding hydrogens is 248 g/mol. The third-order valence-corrected chi connectivity index (χ3v) is 4.51. The van der Waals surface area contributed by atoms with Crippen molar-refractivity contribution in [3.63, 3.8) is 0 Å². The molecule has 2 atom stereocenters. The summed E-state index contributed by atoms with van der Waals surface area (Å²) < 4.78 is 5.29. The Bertz CT molecular complexity index is 366. The second kappa shape index (κ2) is 5.46. The quantitative estimate of drug-likeness (QED) is 0.756. The summed E-state index contributed by atoms with van der Waals surface area (Å²) in [6.07, 6.45) is 1.90. The summed E-state index contributed by atoms with van der Waals surface area (Å²) in [4.78, 5) is 25.6. The normalized spacial score (nSPS) is 30.3. The molecule has 108 valence electrons. The van der Waals surface area contributed by atoms with E-state index in [9.17, 15) is 14.7 Å². The summed E-state index contributed by atoms with van der Waals surface area (Å²) in [5.41, 5.74) is 5.18. The minimum absolute atomic E-state index is 0.00360. The van der Waals surface area contributed by atoms with Crippen LogP contribution in [-0.4, -0.2) is 54.2 Å². The zero-order valence-electron chi connectivity index (χ0n) is 11.3. The number of carbonyl (C=O) groups excluding carboxylic acids is 1. The fourth-order valence-corrected chi connectivity index (χ4v) is 3.12. The molecule has 2 fully saturated rings. The highest BCUT2D eigenvalue weighted by atomic mass is 16.5. The van der Waals surface area contributed by atoms with Crippen LogP contribution in [0.2, 0.25) is 0 Å². The Morgan fingerprint density at radius 1 is 1.42 bits per heavy atom. The Kier molecular flexibility index (Phi) is 4.10. The average Bonchev–Trinajstić information content (AvgIpc) is 2.80. The zero-order chi connectivity index (χ0) is 14.0. The fourth-order valence-electron chi connectivity index (χ4n) is 3.12. The van der Waals surface area contributed by atoms with Gasteiger partial charge in [0.15, 0.2) is 0 Å². The van der Waals surface area contributed by atoms with E-state index in [1.807, 2.05) is 6.92 Å². The Morgan fingerprint density at radius 2 is 2.05 bits per heavy atom. The van der Waals surface area contributed by atoms with E-state index in [0.717, 1.165) is 6.42 Å². The van der Waals surface area contributed by atoms with Crippen molar-refractivity contribution in [1.29, 1.82) is 0 Å². The van der Waals surface area contributed by atoms with Crippen molar-refractivity contribution < 1.29 is 19.4 Å². The lowest BCUT2D eigenvalue weighted by atomic mass is 9.78. The largest absolute Gasteiger partial charge is 0.480 e. The fraction of sp³-hybridized carbons (Fsp3) is 0.846. The van der Waals surface area contributed by atoms with Gasteiger partial charge >= 0.3 is 5.97 Å². The second-order valence-electron chi connectivity index (χ2n) is 5.64. The molecule has 3 N–H and O–H groups in total. The van der Waals surface area contributed by atoms with E-state index >= 15 is 0 Å². The van der Waals surface area contributed by atoms with Gasteiger partial charge in [0.2, 0.25) is 5.91 Å². The zero-order valence-corrected chi connectivity index (χ0v) is 11.3. The van der Waals surface area contributed by atoms with Gasteiger partial charge in [-0.1, -0.05) is 6.92 Å². The summed E-state index contributed by atoms with van der Waals surface area (Å²) in [6.45, 7) is 3.69. The van der Waals surface area contributed by atoms with Crippen molar-refractivity contribution >= 4 is 11.9 Å². The van der Waals surface area contributed by atoms with E-state index in [1.54, 1.807) is 0 Å². The SMILES string of the molecule is CC1CCN(C(=O)C2(CN)CCOCC2)C1C(=O)O. The van der Waals surface area contributed by atoms with Crippen LogP contribution < -0.4 is 5.73 Å². The first-order valence-corrected chi connectivity index (χ1v) is 6.83. The summed E-state index contributed by atoms with van der Waals surface area (Å²) >= 11 is 0. The molecule has 0 aromatic rings. The van der Waals surface area contributed by atoms with Crippen molar-refractivity contribution in [2.45, 2.75) is 32.2 Å². The molecule has 6 nitrogen and oxygen atoms in total. The van der Waals surface area contributed by atoms with Crippen LogP contribution in [0.5, 0.6) is 0 Å². The van der Waals surface area contributed by atoms with Gasteiger partial charge in [0.05, 0.1) is 5.41 Å². The van der Waals surface area contributed by atoms with Gasteiger partial charge in [-0.2, -0.15) is 0 Å². The van der Waals surface area contributed by atoms with E-state index in [2.05, 4.69) is 0 Å². The lowest BCUT2D eigenvalue weighted by molar-refractivity contribution is -0.157. The van der Waals surface area contributed by atoms with Crippen LogP contribution in [0.15, 0.2) is 0 Å². The topological polar surface area (TPSA) is 92.9 Å². The molecule has 0 aromatic heterocycles. The number of hydrogen-bond donors (Lipinski definition) is 2. The molecule has 1 amide bonds. The van der Waals surface area contributed by atoms with Gasteiger partial charge in [-0.25, -0.2) is 4.79 Å². The Morgan fingerprint density at radius 3 is 2.58 bits per heavy atom. The van der Waals surface area contributed by atoms with Gasteiger partial charge in [0.1, 0.15) is 6.04 Å². The monoisotopic (exact) mass is 270 g/mol. The van der Waals surface area contributed by atoms with Crippen molar-refractivity contribution in [3.05, 3.63) is 0 Å². The average molecular weight is 270 g/mol. The number of carboxylic acids is 1. The predicted octanol–water partition coefficient (Wildman–Crippen LogP) is 0.0635. The molecule has 2 aliphatic rings. The molecule has 2 saturated heterocycles. The van der Waals surface area contributed by atoms with E-state index in [1.165, 1.54) is 4.90 Å². The molecule has 0 radical (unpaired) electrons. The number of aliphatic carboxylic acids is 1. The number of carboxylic acid groups (broad SMARTS) is 1. The van der Waals surface area contributed by atoms with Crippen LogP contribution in [-0.2, 0) is 14.3 Å². The van der Waals surface area contributed by atoms with Crippen LogP contribution in [0.1, 0.15) is 26.2 Å². The van der Waals surface area contributed by atoms with Crippen molar-refractivity contribution in [1.82, 2.24) is 4.90 Å². The molecule has 2 aliphatic heterocycles. The molecule has 2 unspecified atom stereocenters. The van der Waals surface area contributed by atoms with Crippen LogP contribution in [0.3, 0.4) is 0 Å². The molecule has 0 spiro atoms. The number of ether oxygens (including phenoxy) is 1. The predicted molar refractivity (Wildman–Crippen MR) is 68.5 cm³/mol. The van der Waals surface area contributed by atoms with Crippen LogP contribution in [0.4, 0.5) is 0 Å². The van der Waals surface area contributed by atoms with Crippen LogP contribution in [0.25, 0.3) is 0 Å². The summed E-state index contributed by atoms with van der Waals surface area (Å²) in [5.74, 6) is -1.02. The Hall–Kier alpha value is -1.14. The van der Waals surface area contributed by atoms with E-state index in [0.29, 0.717) is 32.6 Å². The first-order chi connectivity index (χ1) is 9.02. The van der Waals surface area contributed by atoms with Gasteiger partial charge in [-0.3, -0.25) is 4.79 Å². The van der Waals surface area contributed by atoms with E-state index in [-0.39, 0.29) is 18.4 Å². The smallest absolute Gasteiger partial charge is 0.326 e. The molecule has 0 saturated carbocycles. The molecular formula is C13H22N2O4. The van der Waals surface area contributed by atoms with Gasteiger partial charge < -0.3 is 20.5 Å². The van der Waals surface area contributed by atoms with Crippen LogP contribution >= 0.6 is 0 Å². The summed E-state index contributed by atoms with van der Waals surface area (Å²) in [6, 6.07) is -0.709. The maximum Gasteiger partial charge on any atom is 0.326 e. The molecule has 0 aliphatic carbocycles. The molecule has 2 heterocycles. The van der Waals surface area contributed by atoms with Gasteiger partial charge in [-0.05, 0) is 25.2 Å². The van der Waals surface area contributed by atoms with Gasteiger partial charge in [0, 0.05) is 26.3 Å². The minimum Gasteiger partial charge on any atom is -0.480 e. The third-order valence-electron chi connectivity index (χ3n) is 4.51. The highest BCUT2D eigenvalue weighted by Crippen LogP contribution is 2.35.